The van der Waals surface area contributed by atoms with Crippen LogP contribution >= 0.6 is 11.6 Å². The van der Waals surface area contributed by atoms with Crippen LogP contribution < -0.4 is 10.1 Å². The number of phenolic OH excluding ortho intramolecular Hbond substituents is 1. The number of hydrogen-bond donors (Lipinski definition) is 2. The maximum atomic E-state index is 12.8. The van der Waals surface area contributed by atoms with Gasteiger partial charge in [-0.2, -0.15) is 5.10 Å². The molecule has 0 saturated heterocycles. The number of halogens is 1. The van der Waals surface area contributed by atoms with Gasteiger partial charge in [-0.3, -0.25) is 4.79 Å². The predicted molar refractivity (Wildman–Crippen MR) is 124 cm³/mol. The minimum atomic E-state index is -0.267. The van der Waals surface area contributed by atoms with Crippen LogP contribution in [-0.4, -0.2) is 27.9 Å². The second kappa shape index (κ2) is 8.05. The van der Waals surface area contributed by atoms with Crippen LogP contribution in [0.15, 0.2) is 72.8 Å². The van der Waals surface area contributed by atoms with Gasteiger partial charge in [0.2, 0.25) is 5.91 Å². The van der Waals surface area contributed by atoms with Gasteiger partial charge < -0.3 is 15.2 Å². The van der Waals surface area contributed by atoms with Crippen molar-refractivity contribution in [1.82, 2.24) is 9.78 Å². The van der Waals surface area contributed by atoms with Crippen LogP contribution in [-0.2, 0) is 4.79 Å². The fourth-order valence-corrected chi connectivity index (χ4v) is 4.25. The number of phenols is 1. The molecule has 5 rings (SSSR count). The third kappa shape index (κ3) is 3.48. The SMILES string of the molecule is COc1cc([C@@H]2CC(=O)Nc3c2c(-c2ccc(Cl)cc2)nn3-c2ccccc2)ccc1O. The lowest BCUT2D eigenvalue weighted by molar-refractivity contribution is -0.116. The van der Waals surface area contributed by atoms with Gasteiger partial charge in [0.15, 0.2) is 11.5 Å². The van der Waals surface area contributed by atoms with Crippen LogP contribution in [0.25, 0.3) is 16.9 Å². The van der Waals surface area contributed by atoms with Crippen LogP contribution in [0, 0.1) is 0 Å². The van der Waals surface area contributed by atoms with Crippen molar-refractivity contribution in [3.05, 3.63) is 88.9 Å². The Balaban J connectivity index is 1.76. The van der Waals surface area contributed by atoms with Gasteiger partial charge >= 0.3 is 0 Å². The Morgan fingerprint density at radius 1 is 1.09 bits per heavy atom. The smallest absolute Gasteiger partial charge is 0.226 e. The van der Waals surface area contributed by atoms with E-state index in [1.54, 1.807) is 16.8 Å². The Morgan fingerprint density at radius 2 is 1.84 bits per heavy atom. The molecule has 4 aromatic rings. The Labute approximate surface area is 190 Å². The largest absolute Gasteiger partial charge is 0.504 e. The van der Waals surface area contributed by atoms with Crippen LogP contribution in [0.2, 0.25) is 5.02 Å². The van der Waals surface area contributed by atoms with Crippen molar-refractivity contribution in [2.45, 2.75) is 12.3 Å². The average Bonchev–Trinajstić information content (AvgIpc) is 3.19. The van der Waals surface area contributed by atoms with E-state index >= 15 is 0 Å². The third-order valence-electron chi connectivity index (χ3n) is 5.64. The molecule has 1 aliphatic heterocycles. The first-order valence-corrected chi connectivity index (χ1v) is 10.5. The van der Waals surface area contributed by atoms with Crippen molar-refractivity contribution in [1.29, 1.82) is 0 Å². The summed E-state index contributed by atoms with van der Waals surface area (Å²) in [5.41, 5.74) is 4.26. The van der Waals surface area contributed by atoms with Gasteiger partial charge in [0.25, 0.3) is 0 Å². The number of hydrogen-bond acceptors (Lipinski definition) is 4. The van der Waals surface area contributed by atoms with Gasteiger partial charge in [0, 0.05) is 28.5 Å². The number of para-hydroxylation sites is 1. The van der Waals surface area contributed by atoms with Crippen molar-refractivity contribution < 1.29 is 14.6 Å². The van der Waals surface area contributed by atoms with Gasteiger partial charge in [-0.1, -0.05) is 48.0 Å². The van der Waals surface area contributed by atoms with Crippen molar-refractivity contribution in [2.75, 3.05) is 12.4 Å². The fraction of sp³-hybridized carbons (Fsp3) is 0.120. The van der Waals surface area contributed by atoms with Crippen LogP contribution in [0.4, 0.5) is 5.82 Å². The number of nitrogens with zero attached hydrogens (tertiary/aromatic N) is 2. The van der Waals surface area contributed by atoms with Crippen molar-refractivity contribution in [3.63, 3.8) is 0 Å². The molecule has 6 nitrogen and oxygen atoms in total. The Hall–Kier alpha value is -3.77. The first kappa shape index (κ1) is 20.2. The summed E-state index contributed by atoms with van der Waals surface area (Å²) in [5.74, 6) is 0.674. The number of methoxy groups -OCH3 is 1. The van der Waals surface area contributed by atoms with E-state index in [0.717, 1.165) is 28.1 Å². The molecule has 0 aliphatic carbocycles. The van der Waals surface area contributed by atoms with E-state index in [9.17, 15) is 9.90 Å². The molecule has 0 fully saturated rings. The molecule has 0 radical (unpaired) electrons. The molecule has 1 amide bonds. The zero-order valence-corrected chi connectivity index (χ0v) is 18.0. The minimum Gasteiger partial charge on any atom is -0.504 e. The standard InChI is InChI=1S/C25H20ClN3O3/c1-32-21-13-16(9-12-20(21)30)19-14-22(31)27-25-23(19)24(15-7-10-17(26)11-8-15)28-29(25)18-5-3-2-4-6-18/h2-13,19,30H,14H2,1H3,(H,27,31)/t19-/m0/s1. The summed E-state index contributed by atoms with van der Waals surface area (Å²) in [5, 5.41) is 18.6. The molecule has 1 aromatic heterocycles. The van der Waals surface area contributed by atoms with Gasteiger partial charge in [0.05, 0.1) is 18.5 Å². The lowest BCUT2D eigenvalue weighted by Crippen LogP contribution is -2.24. The molecule has 2 heterocycles. The first-order valence-electron chi connectivity index (χ1n) is 10.2. The summed E-state index contributed by atoms with van der Waals surface area (Å²) < 4.78 is 7.07. The number of anilines is 1. The van der Waals surface area contributed by atoms with Gasteiger partial charge in [0.1, 0.15) is 5.82 Å². The van der Waals surface area contributed by atoms with Gasteiger partial charge in [-0.15, -0.1) is 0 Å². The number of aromatic nitrogens is 2. The quantitative estimate of drug-likeness (QED) is 0.442. The fourth-order valence-electron chi connectivity index (χ4n) is 4.12. The van der Waals surface area contributed by atoms with Gasteiger partial charge in [-0.25, -0.2) is 4.68 Å². The number of benzene rings is 3. The topological polar surface area (TPSA) is 76.4 Å². The first-order chi connectivity index (χ1) is 15.5. The van der Waals surface area contributed by atoms with E-state index in [4.69, 9.17) is 21.4 Å². The number of ether oxygens (including phenoxy) is 1. The highest BCUT2D eigenvalue weighted by molar-refractivity contribution is 6.30. The molecule has 0 spiro atoms. The monoisotopic (exact) mass is 445 g/mol. The molecule has 0 saturated carbocycles. The predicted octanol–water partition coefficient (Wildman–Crippen LogP) is 5.38. The molecule has 1 atom stereocenters. The van der Waals surface area contributed by atoms with Crippen LogP contribution in [0.1, 0.15) is 23.5 Å². The minimum absolute atomic E-state index is 0.0506. The van der Waals surface area contributed by atoms with E-state index in [1.165, 1.54) is 7.11 Å². The van der Waals surface area contributed by atoms with Crippen LogP contribution in [0.5, 0.6) is 11.5 Å². The highest BCUT2D eigenvalue weighted by Crippen LogP contribution is 2.45. The van der Waals surface area contributed by atoms with Crippen molar-refractivity contribution in [3.8, 4) is 28.4 Å². The van der Waals surface area contributed by atoms with Crippen molar-refractivity contribution in [2.24, 2.45) is 0 Å². The molecular weight excluding hydrogens is 426 g/mol. The summed E-state index contributed by atoms with van der Waals surface area (Å²) in [4.78, 5) is 12.8. The van der Waals surface area contributed by atoms with Crippen molar-refractivity contribution >= 4 is 23.3 Å². The highest BCUT2D eigenvalue weighted by atomic mass is 35.5. The summed E-state index contributed by atoms with van der Waals surface area (Å²) in [6.45, 7) is 0. The zero-order chi connectivity index (χ0) is 22.2. The maximum absolute atomic E-state index is 12.8. The molecular formula is C25H20ClN3O3. The summed E-state index contributed by atoms with van der Waals surface area (Å²) in [7, 11) is 1.50. The van der Waals surface area contributed by atoms with Gasteiger partial charge in [-0.05, 0) is 42.0 Å². The number of nitrogens with one attached hydrogen (secondary N) is 1. The number of carbonyl (C=O) groups is 1. The van der Waals surface area contributed by atoms with Crippen LogP contribution in [0.3, 0.4) is 0 Å². The summed E-state index contributed by atoms with van der Waals surface area (Å²) in [6.07, 6.45) is 0.252. The Morgan fingerprint density at radius 3 is 2.56 bits per heavy atom. The summed E-state index contributed by atoms with van der Waals surface area (Å²) in [6, 6.07) is 22.3. The second-order valence-corrected chi connectivity index (χ2v) is 8.04. The maximum Gasteiger partial charge on any atom is 0.226 e. The number of fused-ring (bicyclic) bond motifs is 1. The molecule has 2 N–H and O–H groups in total. The molecule has 0 bridgehead atoms. The average molecular weight is 446 g/mol. The lowest BCUT2D eigenvalue weighted by atomic mass is 9.84. The number of aromatic hydroxyl groups is 1. The Bertz CT molecular complexity index is 1300. The number of amides is 1. The molecule has 7 heteroatoms. The van der Waals surface area contributed by atoms with E-state index < -0.39 is 0 Å². The molecule has 1 aliphatic rings. The Kier molecular flexibility index (Phi) is 5.07. The lowest BCUT2D eigenvalue weighted by Gasteiger charge is -2.25. The number of carbonyl (C=O) groups excluding carboxylic acids is 1. The third-order valence-corrected chi connectivity index (χ3v) is 5.89. The molecule has 3 aromatic carbocycles. The summed E-state index contributed by atoms with van der Waals surface area (Å²) >= 11 is 6.12. The second-order valence-electron chi connectivity index (χ2n) is 7.60. The highest BCUT2D eigenvalue weighted by Gasteiger charge is 2.34. The van der Waals surface area contributed by atoms with E-state index in [-0.39, 0.29) is 24.0 Å². The number of rotatable bonds is 4. The molecule has 32 heavy (non-hydrogen) atoms. The zero-order valence-electron chi connectivity index (χ0n) is 17.2. The normalized spacial score (nSPS) is 15.2. The van der Waals surface area contributed by atoms with E-state index in [0.29, 0.717) is 16.6 Å². The van der Waals surface area contributed by atoms with E-state index in [2.05, 4.69) is 5.32 Å². The van der Waals surface area contributed by atoms with E-state index in [1.807, 2.05) is 60.7 Å². The molecule has 0 unspecified atom stereocenters. The molecule has 160 valence electrons.